The average molecular weight is 331 g/mol. The predicted octanol–water partition coefficient (Wildman–Crippen LogP) is 3.10. The number of hydrogen-bond donors (Lipinski definition) is 1. The van der Waals surface area contributed by atoms with Gasteiger partial charge in [-0.2, -0.15) is 0 Å². The van der Waals surface area contributed by atoms with Crippen LogP contribution < -0.4 is 10.5 Å². The van der Waals surface area contributed by atoms with Crippen LogP contribution in [0.3, 0.4) is 0 Å². The zero-order valence-corrected chi connectivity index (χ0v) is 13.7. The van der Waals surface area contributed by atoms with Gasteiger partial charge in [0.2, 0.25) is 5.91 Å². The Morgan fingerprint density at radius 3 is 2.71 bits per heavy atom. The van der Waals surface area contributed by atoms with E-state index in [2.05, 4.69) is 0 Å². The van der Waals surface area contributed by atoms with Gasteiger partial charge >= 0.3 is 0 Å². The van der Waals surface area contributed by atoms with Crippen LogP contribution in [0.2, 0.25) is 10.0 Å². The normalized spacial score (nSPS) is 19.5. The van der Waals surface area contributed by atoms with Gasteiger partial charge in [-0.05, 0) is 38.8 Å². The van der Waals surface area contributed by atoms with Crippen molar-refractivity contribution in [2.24, 2.45) is 5.73 Å². The molecular weight excluding hydrogens is 311 g/mol. The van der Waals surface area contributed by atoms with E-state index in [4.69, 9.17) is 33.7 Å². The van der Waals surface area contributed by atoms with E-state index in [1.807, 2.05) is 0 Å². The molecule has 1 atom stereocenters. The highest BCUT2D eigenvalue weighted by atomic mass is 35.5. The molecule has 4 nitrogen and oxygen atoms in total. The van der Waals surface area contributed by atoms with Gasteiger partial charge in [0.1, 0.15) is 11.9 Å². The van der Waals surface area contributed by atoms with E-state index in [0.29, 0.717) is 22.3 Å². The summed E-state index contributed by atoms with van der Waals surface area (Å²) in [5, 5.41) is 0.954. The fraction of sp³-hybridized carbons (Fsp3) is 0.533. The van der Waals surface area contributed by atoms with Gasteiger partial charge in [0, 0.05) is 12.6 Å². The fourth-order valence-electron chi connectivity index (χ4n) is 2.37. The number of carbonyl (C=O) groups is 1. The Bertz CT molecular complexity index is 529. The van der Waals surface area contributed by atoms with Crippen LogP contribution in [0.15, 0.2) is 18.2 Å². The number of ether oxygens (including phenoxy) is 1. The molecule has 21 heavy (non-hydrogen) atoms. The minimum atomic E-state index is -0.856. The molecule has 0 radical (unpaired) electrons. The molecule has 1 fully saturated rings. The summed E-state index contributed by atoms with van der Waals surface area (Å²) >= 11 is 11.9. The van der Waals surface area contributed by atoms with Gasteiger partial charge < -0.3 is 15.4 Å². The van der Waals surface area contributed by atoms with Gasteiger partial charge in [0.05, 0.1) is 22.1 Å². The number of piperidine rings is 1. The lowest BCUT2D eigenvalue weighted by atomic mass is 10.0. The molecule has 0 aliphatic carbocycles. The molecule has 0 spiro atoms. The molecule has 0 bridgehead atoms. The van der Waals surface area contributed by atoms with Crippen molar-refractivity contribution in [1.29, 1.82) is 0 Å². The van der Waals surface area contributed by atoms with Crippen molar-refractivity contribution < 1.29 is 9.53 Å². The molecule has 2 N–H and O–H groups in total. The van der Waals surface area contributed by atoms with Crippen LogP contribution >= 0.6 is 23.2 Å². The summed E-state index contributed by atoms with van der Waals surface area (Å²) in [5.74, 6) is 0.612. The number of benzene rings is 1. The number of rotatable bonds is 3. The summed E-state index contributed by atoms with van der Waals surface area (Å²) in [6, 6.07) is 5.17. The number of likely N-dealkylation sites (tertiary alicyclic amines) is 1. The highest BCUT2D eigenvalue weighted by Gasteiger charge is 2.32. The van der Waals surface area contributed by atoms with Crippen molar-refractivity contribution in [3.05, 3.63) is 28.2 Å². The van der Waals surface area contributed by atoms with E-state index < -0.39 is 5.54 Å². The maximum atomic E-state index is 12.2. The van der Waals surface area contributed by atoms with Crippen molar-refractivity contribution in [2.45, 2.75) is 38.3 Å². The van der Waals surface area contributed by atoms with Crippen molar-refractivity contribution in [3.63, 3.8) is 0 Å². The molecule has 1 aromatic carbocycles. The van der Waals surface area contributed by atoms with E-state index in [0.717, 1.165) is 19.4 Å². The summed E-state index contributed by atoms with van der Waals surface area (Å²) < 4.78 is 5.91. The Labute approximate surface area is 135 Å². The first-order valence-electron chi connectivity index (χ1n) is 6.97. The number of amides is 1. The van der Waals surface area contributed by atoms with Gasteiger partial charge in [0.25, 0.3) is 0 Å². The standard InChI is InChI=1S/C15H20Cl2N2O2/c1-15(2,18)14(20)19-7-3-4-11(9-19)21-10-5-6-12(16)13(17)8-10/h5-6,8,11H,3-4,7,9,18H2,1-2H3. The minimum Gasteiger partial charge on any atom is -0.489 e. The van der Waals surface area contributed by atoms with Crippen LogP contribution in [0.1, 0.15) is 26.7 Å². The summed E-state index contributed by atoms with van der Waals surface area (Å²) in [5.41, 5.74) is 5.02. The Morgan fingerprint density at radius 1 is 1.38 bits per heavy atom. The van der Waals surface area contributed by atoms with E-state index >= 15 is 0 Å². The van der Waals surface area contributed by atoms with Gasteiger partial charge in [-0.15, -0.1) is 0 Å². The lowest BCUT2D eigenvalue weighted by Gasteiger charge is -2.36. The van der Waals surface area contributed by atoms with E-state index in [9.17, 15) is 4.79 Å². The first kappa shape index (κ1) is 16.4. The number of carbonyl (C=O) groups excluding carboxylic acids is 1. The van der Waals surface area contributed by atoms with Crippen LogP contribution in [0.25, 0.3) is 0 Å². The van der Waals surface area contributed by atoms with Gasteiger partial charge in [0.15, 0.2) is 0 Å². The minimum absolute atomic E-state index is 0.0510. The molecule has 0 saturated carbocycles. The molecule has 6 heteroatoms. The number of halogens is 2. The molecule has 1 amide bonds. The second kappa shape index (κ2) is 6.42. The smallest absolute Gasteiger partial charge is 0.242 e. The summed E-state index contributed by atoms with van der Waals surface area (Å²) in [7, 11) is 0. The largest absolute Gasteiger partial charge is 0.489 e. The number of nitrogens with two attached hydrogens (primary N) is 1. The van der Waals surface area contributed by atoms with Crippen molar-refractivity contribution >= 4 is 29.1 Å². The number of hydrogen-bond acceptors (Lipinski definition) is 3. The first-order valence-corrected chi connectivity index (χ1v) is 7.73. The monoisotopic (exact) mass is 330 g/mol. The molecule has 2 rings (SSSR count). The second-order valence-corrected chi connectivity index (χ2v) is 6.75. The maximum Gasteiger partial charge on any atom is 0.242 e. The molecule has 1 aliphatic rings. The SMILES string of the molecule is CC(C)(N)C(=O)N1CCCC(Oc2ccc(Cl)c(Cl)c2)C1. The summed E-state index contributed by atoms with van der Waals surface area (Å²) in [6.45, 7) is 4.71. The molecule has 1 heterocycles. The Morgan fingerprint density at radius 2 is 2.10 bits per heavy atom. The van der Waals surface area contributed by atoms with Crippen LogP contribution in [0.4, 0.5) is 0 Å². The summed E-state index contributed by atoms with van der Waals surface area (Å²) in [4.78, 5) is 14.0. The molecule has 1 saturated heterocycles. The lowest BCUT2D eigenvalue weighted by Crippen LogP contribution is -2.55. The third-order valence-electron chi connectivity index (χ3n) is 3.41. The van der Waals surface area contributed by atoms with Gasteiger partial charge in [-0.3, -0.25) is 4.79 Å². The van der Waals surface area contributed by atoms with Gasteiger partial charge in [-0.1, -0.05) is 23.2 Å². The number of nitrogens with zero attached hydrogens (tertiary/aromatic N) is 1. The quantitative estimate of drug-likeness (QED) is 0.926. The van der Waals surface area contributed by atoms with Crippen LogP contribution in [-0.2, 0) is 4.79 Å². The zero-order valence-electron chi connectivity index (χ0n) is 12.2. The third-order valence-corrected chi connectivity index (χ3v) is 4.15. The van der Waals surface area contributed by atoms with Crippen molar-refractivity contribution in [3.8, 4) is 5.75 Å². The molecule has 116 valence electrons. The van der Waals surface area contributed by atoms with E-state index in [-0.39, 0.29) is 12.0 Å². The highest BCUT2D eigenvalue weighted by molar-refractivity contribution is 6.42. The molecular formula is C15H20Cl2N2O2. The van der Waals surface area contributed by atoms with Crippen LogP contribution in [0.5, 0.6) is 5.75 Å². The van der Waals surface area contributed by atoms with Crippen molar-refractivity contribution in [1.82, 2.24) is 4.90 Å². The van der Waals surface area contributed by atoms with Crippen molar-refractivity contribution in [2.75, 3.05) is 13.1 Å². The van der Waals surface area contributed by atoms with E-state index in [1.165, 1.54) is 0 Å². The lowest BCUT2D eigenvalue weighted by molar-refractivity contribution is -0.138. The molecule has 1 aromatic rings. The third kappa shape index (κ3) is 4.25. The zero-order chi connectivity index (χ0) is 15.6. The predicted molar refractivity (Wildman–Crippen MR) is 85.0 cm³/mol. The van der Waals surface area contributed by atoms with Crippen LogP contribution in [0, 0.1) is 0 Å². The van der Waals surface area contributed by atoms with Crippen LogP contribution in [-0.4, -0.2) is 35.5 Å². The fourth-order valence-corrected chi connectivity index (χ4v) is 2.66. The first-order chi connectivity index (χ1) is 9.77. The van der Waals surface area contributed by atoms with Gasteiger partial charge in [-0.25, -0.2) is 0 Å². The summed E-state index contributed by atoms with van der Waals surface area (Å²) in [6.07, 6.45) is 1.74. The Hall–Kier alpha value is -0.970. The Kier molecular flexibility index (Phi) is 5.02. The average Bonchev–Trinajstić information content (AvgIpc) is 2.41. The second-order valence-electron chi connectivity index (χ2n) is 5.93. The molecule has 0 aromatic heterocycles. The maximum absolute atomic E-state index is 12.2. The topological polar surface area (TPSA) is 55.6 Å². The molecule has 1 aliphatic heterocycles. The Balaban J connectivity index is 2.01. The molecule has 1 unspecified atom stereocenters. The highest BCUT2D eigenvalue weighted by Crippen LogP contribution is 2.28. The van der Waals surface area contributed by atoms with E-state index in [1.54, 1.807) is 36.9 Å².